The van der Waals surface area contributed by atoms with E-state index in [0.717, 1.165) is 25.9 Å². The zero-order chi connectivity index (χ0) is 13.7. The van der Waals surface area contributed by atoms with Crippen molar-refractivity contribution in [2.75, 3.05) is 25.0 Å². The van der Waals surface area contributed by atoms with Gasteiger partial charge in [-0.25, -0.2) is 4.39 Å². The van der Waals surface area contributed by atoms with Gasteiger partial charge in [-0.15, -0.1) is 0 Å². The summed E-state index contributed by atoms with van der Waals surface area (Å²) in [5, 5.41) is 5.65. The highest BCUT2D eigenvalue weighted by molar-refractivity contribution is 6.31. The van der Waals surface area contributed by atoms with Gasteiger partial charge in [0, 0.05) is 0 Å². The van der Waals surface area contributed by atoms with Crippen molar-refractivity contribution in [3.8, 4) is 0 Å². The van der Waals surface area contributed by atoms with Crippen molar-refractivity contribution in [1.82, 2.24) is 5.32 Å². The SMILES string of the molecule is O=C(COC1CCNCC1)Nc1cccc(Cl)c1F. The Morgan fingerprint density at radius 2 is 2.21 bits per heavy atom. The van der Waals surface area contributed by atoms with E-state index in [1.165, 1.54) is 12.1 Å². The van der Waals surface area contributed by atoms with E-state index in [-0.39, 0.29) is 29.3 Å². The molecule has 0 aromatic heterocycles. The minimum atomic E-state index is -0.626. The van der Waals surface area contributed by atoms with Gasteiger partial charge in [0.05, 0.1) is 16.8 Å². The lowest BCUT2D eigenvalue weighted by molar-refractivity contribution is -0.123. The molecule has 4 nitrogen and oxygen atoms in total. The maximum Gasteiger partial charge on any atom is 0.250 e. The summed E-state index contributed by atoms with van der Waals surface area (Å²) in [5.74, 6) is -1.00. The first-order valence-corrected chi connectivity index (χ1v) is 6.61. The summed E-state index contributed by atoms with van der Waals surface area (Å²) in [7, 11) is 0. The van der Waals surface area contributed by atoms with E-state index in [1.807, 2.05) is 0 Å². The standard InChI is InChI=1S/C13H16ClFN2O2/c14-10-2-1-3-11(13(10)15)17-12(18)8-19-9-4-6-16-7-5-9/h1-3,9,16H,4-8H2,(H,17,18). The van der Waals surface area contributed by atoms with Crippen LogP contribution in [0.3, 0.4) is 0 Å². The number of rotatable bonds is 4. The number of benzene rings is 1. The normalized spacial score (nSPS) is 16.3. The van der Waals surface area contributed by atoms with Gasteiger partial charge in [0.25, 0.3) is 0 Å². The maximum atomic E-state index is 13.6. The second-order valence-electron chi connectivity index (χ2n) is 4.41. The van der Waals surface area contributed by atoms with Gasteiger partial charge in [0.1, 0.15) is 6.61 Å². The molecule has 104 valence electrons. The van der Waals surface area contributed by atoms with Gasteiger partial charge >= 0.3 is 0 Å². The molecular weight excluding hydrogens is 271 g/mol. The Balaban J connectivity index is 1.82. The van der Waals surface area contributed by atoms with Gasteiger partial charge in [-0.2, -0.15) is 0 Å². The summed E-state index contributed by atoms with van der Waals surface area (Å²) in [5.41, 5.74) is 0.0754. The second kappa shape index (κ2) is 6.84. The fraction of sp³-hybridized carbons (Fsp3) is 0.462. The molecule has 1 amide bonds. The van der Waals surface area contributed by atoms with Crippen LogP contribution in [0.25, 0.3) is 0 Å². The number of carbonyl (C=O) groups excluding carboxylic acids is 1. The third kappa shape index (κ3) is 4.16. The first kappa shape index (κ1) is 14.2. The average molecular weight is 287 g/mol. The molecule has 1 fully saturated rings. The summed E-state index contributed by atoms with van der Waals surface area (Å²) in [4.78, 5) is 11.7. The molecule has 1 aliphatic heterocycles. The molecule has 1 saturated heterocycles. The summed E-state index contributed by atoms with van der Waals surface area (Å²) in [6.07, 6.45) is 1.87. The van der Waals surface area contributed by atoms with Crippen molar-refractivity contribution in [1.29, 1.82) is 0 Å². The zero-order valence-corrected chi connectivity index (χ0v) is 11.2. The molecule has 6 heteroatoms. The van der Waals surface area contributed by atoms with Crippen molar-refractivity contribution in [2.45, 2.75) is 18.9 Å². The Labute approximate surface area is 116 Å². The molecule has 1 heterocycles. The quantitative estimate of drug-likeness (QED) is 0.892. The molecule has 0 bridgehead atoms. The van der Waals surface area contributed by atoms with E-state index < -0.39 is 5.82 Å². The van der Waals surface area contributed by atoms with Gasteiger partial charge < -0.3 is 15.4 Å². The van der Waals surface area contributed by atoms with Gasteiger partial charge in [0.15, 0.2) is 5.82 Å². The van der Waals surface area contributed by atoms with Crippen LogP contribution < -0.4 is 10.6 Å². The number of nitrogens with one attached hydrogen (secondary N) is 2. The fourth-order valence-electron chi connectivity index (χ4n) is 1.94. The molecule has 2 rings (SSSR count). The fourth-order valence-corrected chi connectivity index (χ4v) is 2.12. The topological polar surface area (TPSA) is 50.4 Å². The van der Waals surface area contributed by atoms with Gasteiger partial charge in [-0.1, -0.05) is 17.7 Å². The van der Waals surface area contributed by atoms with Crippen LogP contribution in [0.2, 0.25) is 5.02 Å². The number of hydrogen-bond donors (Lipinski definition) is 2. The third-order valence-corrected chi connectivity index (χ3v) is 3.25. The van der Waals surface area contributed by atoms with Crippen molar-refractivity contribution in [2.24, 2.45) is 0 Å². The molecule has 1 aromatic carbocycles. The smallest absolute Gasteiger partial charge is 0.250 e. The minimum Gasteiger partial charge on any atom is -0.368 e. The average Bonchev–Trinajstić information content (AvgIpc) is 2.43. The lowest BCUT2D eigenvalue weighted by atomic mass is 10.1. The molecule has 0 spiro atoms. The van der Waals surface area contributed by atoms with Gasteiger partial charge in [0.2, 0.25) is 5.91 Å². The lowest BCUT2D eigenvalue weighted by Gasteiger charge is -2.22. The number of halogens is 2. The molecule has 19 heavy (non-hydrogen) atoms. The Morgan fingerprint density at radius 1 is 1.47 bits per heavy atom. The maximum absolute atomic E-state index is 13.6. The molecule has 0 atom stereocenters. The van der Waals surface area contributed by atoms with Crippen LogP contribution in [-0.4, -0.2) is 31.7 Å². The number of carbonyl (C=O) groups is 1. The predicted molar refractivity (Wildman–Crippen MR) is 71.9 cm³/mol. The second-order valence-corrected chi connectivity index (χ2v) is 4.82. The van der Waals surface area contributed by atoms with E-state index in [4.69, 9.17) is 16.3 Å². The minimum absolute atomic E-state index is 0.0166. The largest absolute Gasteiger partial charge is 0.368 e. The Bertz CT molecular complexity index is 450. The zero-order valence-electron chi connectivity index (χ0n) is 10.4. The Hall–Kier alpha value is -1.17. The molecule has 1 aromatic rings. The van der Waals surface area contributed by atoms with E-state index in [9.17, 15) is 9.18 Å². The predicted octanol–water partition coefficient (Wildman–Crippen LogP) is 2.19. The van der Waals surface area contributed by atoms with Crippen LogP contribution in [0.1, 0.15) is 12.8 Å². The molecule has 0 aliphatic carbocycles. The van der Waals surface area contributed by atoms with E-state index in [2.05, 4.69) is 10.6 Å². The van der Waals surface area contributed by atoms with E-state index in [1.54, 1.807) is 6.07 Å². The van der Waals surface area contributed by atoms with E-state index in [0.29, 0.717) is 0 Å². The molecule has 2 N–H and O–H groups in total. The number of anilines is 1. The molecule has 0 saturated carbocycles. The van der Waals surface area contributed by atoms with E-state index >= 15 is 0 Å². The third-order valence-electron chi connectivity index (χ3n) is 2.96. The highest BCUT2D eigenvalue weighted by Gasteiger charge is 2.15. The molecule has 1 aliphatic rings. The van der Waals surface area contributed by atoms with Crippen LogP contribution in [0, 0.1) is 5.82 Å². The number of hydrogen-bond acceptors (Lipinski definition) is 3. The van der Waals surface area contributed by atoms with Crippen molar-refractivity contribution < 1.29 is 13.9 Å². The van der Waals surface area contributed by atoms with Crippen molar-refractivity contribution in [3.05, 3.63) is 29.0 Å². The van der Waals surface area contributed by atoms with Crippen LogP contribution in [0.5, 0.6) is 0 Å². The van der Waals surface area contributed by atoms with Crippen molar-refractivity contribution >= 4 is 23.2 Å². The van der Waals surface area contributed by atoms with Crippen molar-refractivity contribution in [3.63, 3.8) is 0 Å². The highest BCUT2D eigenvalue weighted by Crippen LogP contribution is 2.21. The molecule has 0 radical (unpaired) electrons. The highest BCUT2D eigenvalue weighted by atomic mass is 35.5. The van der Waals surface area contributed by atoms with Gasteiger partial charge in [-0.05, 0) is 38.1 Å². The number of piperidine rings is 1. The Kier molecular flexibility index (Phi) is 5.13. The first-order chi connectivity index (χ1) is 9.16. The van der Waals surface area contributed by atoms with Crippen LogP contribution >= 0.6 is 11.6 Å². The molecule has 0 unspecified atom stereocenters. The first-order valence-electron chi connectivity index (χ1n) is 6.23. The summed E-state index contributed by atoms with van der Waals surface area (Å²) in [6.45, 7) is 1.72. The monoisotopic (exact) mass is 286 g/mol. The number of ether oxygens (including phenoxy) is 1. The number of amides is 1. The summed E-state index contributed by atoms with van der Waals surface area (Å²) >= 11 is 5.63. The summed E-state index contributed by atoms with van der Waals surface area (Å²) < 4.78 is 19.0. The van der Waals surface area contributed by atoms with Crippen LogP contribution in [0.4, 0.5) is 10.1 Å². The summed E-state index contributed by atoms with van der Waals surface area (Å²) in [6, 6.07) is 4.47. The molecular formula is C13H16ClFN2O2. The van der Waals surface area contributed by atoms with Crippen LogP contribution in [-0.2, 0) is 9.53 Å². The lowest BCUT2D eigenvalue weighted by Crippen LogP contribution is -2.34. The Morgan fingerprint density at radius 3 is 2.95 bits per heavy atom. The van der Waals surface area contributed by atoms with Crippen LogP contribution in [0.15, 0.2) is 18.2 Å². The van der Waals surface area contributed by atoms with Gasteiger partial charge in [-0.3, -0.25) is 4.79 Å².